The highest BCUT2D eigenvalue weighted by Gasteiger charge is 2.70. The molecular formula is C45H74N2O4S. The Morgan fingerprint density at radius 3 is 2.40 bits per heavy atom. The lowest BCUT2D eigenvalue weighted by Gasteiger charge is -2.72. The third-order valence-electron chi connectivity index (χ3n) is 18.1. The van der Waals surface area contributed by atoms with Gasteiger partial charge in [0.05, 0.1) is 24.0 Å². The van der Waals surface area contributed by atoms with Crippen LogP contribution in [0.3, 0.4) is 0 Å². The van der Waals surface area contributed by atoms with Gasteiger partial charge in [-0.25, -0.2) is 8.42 Å². The van der Waals surface area contributed by atoms with Crippen molar-refractivity contribution in [3.05, 3.63) is 23.8 Å². The fraction of sp³-hybridized carbons (Fsp3) is 0.889. The Hall–Kier alpha value is -1.18. The number of hydrogen-bond acceptors (Lipinski definition) is 6. The highest BCUT2D eigenvalue weighted by molar-refractivity contribution is 7.91. The minimum atomic E-state index is -2.85. The molecule has 6 fully saturated rings. The van der Waals surface area contributed by atoms with Crippen LogP contribution in [0, 0.1) is 63.1 Å². The Labute approximate surface area is 318 Å². The van der Waals surface area contributed by atoms with E-state index in [0.717, 1.165) is 44.7 Å². The van der Waals surface area contributed by atoms with Crippen LogP contribution in [0.5, 0.6) is 0 Å². The zero-order valence-corrected chi connectivity index (χ0v) is 35.0. The van der Waals surface area contributed by atoms with Crippen molar-refractivity contribution >= 4 is 15.8 Å². The molecule has 11 unspecified atom stereocenters. The largest absolute Gasteiger partial charge is 0.466 e. The van der Waals surface area contributed by atoms with Crippen molar-refractivity contribution in [3.8, 4) is 0 Å². The number of carbonyl (C=O) groups excluding carboxylic acids is 1. The molecule has 0 radical (unpaired) electrons. The summed E-state index contributed by atoms with van der Waals surface area (Å²) in [5.74, 6) is 4.71. The molecule has 294 valence electrons. The summed E-state index contributed by atoms with van der Waals surface area (Å²) in [5.41, 5.74) is 4.39. The summed E-state index contributed by atoms with van der Waals surface area (Å²) in [7, 11) is -2.85. The average Bonchev–Trinajstić information content (AvgIpc) is 3.47. The number of fused-ring (bicyclic) bond motifs is 7. The number of carbonyl (C=O) groups is 1. The molecular weight excluding hydrogens is 665 g/mol. The minimum Gasteiger partial charge on any atom is -0.466 e. The SMILES string of the molecule is C=C(C)C1CCC2(NCCN3CCS(=O)(=O)CC3)CCC3(C)C(CCC4C5(C)CC=C(CC6CCCC(C(=O)OCC)C6)C(C)(C)C5CCC43C)C12. The van der Waals surface area contributed by atoms with Crippen molar-refractivity contribution in [1.82, 2.24) is 10.2 Å². The topological polar surface area (TPSA) is 75.7 Å². The first-order chi connectivity index (χ1) is 24.5. The maximum atomic E-state index is 12.7. The zero-order valence-electron chi connectivity index (χ0n) is 34.2. The van der Waals surface area contributed by atoms with Crippen LogP contribution < -0.4 is 5.32 Å². The van der Waals surface area contributed by atoms with E-state index in [4.69, 9.17) is 4.74 Å². The van der Waals surface area contributed by atoms with Gasteiger partial charge in [0.25, 0.3) is 0 Å². The van der Waals surface area contributed by atoms with Crippen molar-refractivity contribution in [2.45, 2.75) is 144 Å². The Kier molecular flexibility index (Phi) is 10.6. The lowest BCUT2D eigenvalue weighted by atomic mass is 9.33. The van der Waals surface area contributed by atoms with Crippen molar-refractivity contribution in [1.29, 1.82) is 0 Å². The summed E-state index contributed by atoms with van der Waals surface area (Å²) in [6.45, 7) is 26.0. The number of rotatable bonds is 9. The van der Waals surface area contributed by atoms with Gasteiger partial charge in [0.1, 0.15) is 0 Å². The Morgan fingerprint density at radius 2 is 1.69 bits per heavy atom. The molecule has 0 aromatic heterocycles. The van der Waals surface area contributed by atoms with Crippen molar-refractivity contribution in [2.24, 2.45) is 63.1 Å². The lowest BCUT2D eigenvalue weighted by Crippen LogP contribution is -2.68. The van der Waals surface area contributed by atoms with Crippen molar-refractivity contribution in [3.63, 3.8) is 0 Å². The van der Waals surface area contributed by atoms with Gasteiger partial charge in [0.2, 0.25) is 0 Å². The van der Waals surface area contributed by atoms with E-state index in [1.54, 1.807) is 5.57 Å². The molecule has 0 amide bonds. The van der Waals surface area contributed by atoms with Gasteiger partial charge in [0.15, 0.2) is 9.84 Å². The number of nitrogens with zero attached hydrogens (tertiary/aromatic N) is 1. The predicted molar refractivity (Wildman–Crippen MR) is 213 cm³/mol. The Balaban J connectivity index is 1.09. The number of hydrogen-bond donors (Lipinski definition) is 1. The molecule has 1 heterocycles. The van der Waals surface area contributed by atoms with Gasteiger partial charge in [0, 0.05) is 31.7 Å². The first-order valence-corrected chi connectivity index (χ1v) is 23.5. The van der Waals surface area contributed by atoms with E-state index >= 15 is 0 Å². The number of sulfone groups is 1. The molecule has 6 aliphatic carbocycles. The van der Waals surface area contributed by atoms with Gasteiger partial charge in [-0.2, -0.15) is 0 Å². The highest BCUT2D eigenvalue weighted by atomic mass is 32.2. The molecule has 52 heavy (non-hydrogen) atoms. The molecule has 7 rings (SSSR count). The maximum absolute atomic E-state index is 12.7. The molecule has 6 nitrogen and oxygen atoms in total. The highest BCUT2D eigenvalue weighted by Crippen LogP contribution is 2.76. The summed E-state index contributed by atoms with van der Waals surface area (Å²) in [4.78, 5) is 15.0. The van der Waals surface area contributed by atoms with E-state index in [0.29, 0.717) is 77.0 Å². The monoisotopic (exact) mass is 739 g/mol. The quantitative estimate of drug-likeness (QED) is 0.188. The molecule has 1 saturated heterocycles. The Bertz CT molecular complexity index is 1510. The van der Waals surface area contributed by atoms with Crippen molar-refractivity contribution < 1.29 is 17.9 Å². The second-order valence-electron chi connectivity index (χ2n) is 20.6. The standard InChI is InChI=1S/C45H74N2O4S/c1-9-51-40(48)33-12-10-11-32(29-33)30-34-15-18-42(6)37(41(34,4)5)17-19-44(8)38(42)14-13-36-39-35(31(2)3)16-20-45(39,22-21-43(36,44)7)46-23-24-47-25-27-52(49,50)28-26-47/h15,32-33,35-39,46H,2,9-14,16-30H2,1,3-8H3. The summed E-state index contributed by atoms with van der Waals surface area (Å²) in [6.07, 6.45) is 19.9. The first kappa shape index (κ1) is 39.1. The first-order valence-electron chi connectivity index (χ1n) is 21.7. The second kappa shape index (κ2) is 14.1. The molecule has 0 aromatic rings. The summed E-state index contributed by atoms with van der Waals surface area (Å²) < 4.78 is 29.6. The normalized spacial score (nSPS) is 45.4. The van der Waals surface area contributed by atoms with Gasteiger partial charge >= 0.3 is 5.97 Å². The van der Waals surface area contributed by atoms with E-state index in [9.17, 15) is 13.2 Å². The molecule has 0 spiro atoms. The van der Waals surface area contributed by atoms with Gasteiger partial charge in [-0.3, -0.25) is 4.79 Å². The van der Waals surface area contributed by atoms with E-state index < -0.39 is 9.84 Å². The fourth-order valence-electron chi connectivity index (χ4n) is 15.2. The number of ether oxygens (including phenoxy) is 1. The summed E-state index contributed by atoms with van der Waals surface area (Å²) in [6, 6.07) is 0. The van der Waals surface area contributed by atoms with Crippen LogP contribution in [0.25, 0.3) is 0 Å². The molecule has 0 aromatic carbocycles. The molecule has 11 atom stereocenters. The molecule has 5 saturated carbocycles. The summed E-state index contributed by atoms with van der Waals surface area (Å²) in [5, 5.41) is 4.24. The van der Waals surface area contributed by atoms with E-state index in [1.165, 1.54) is 69.8 Å². The van der Waals surface area contributed by atoms with E-state index in [-0.39, 0.29) is 22.8 Å². The van der Waals surface area contributed by atoms with Crippen LogP contribution in [0.1, 0.15) is 138 Å². The smallest absolute Gasteiger partial charge is 0.308 e. The fourth-order valence-corrected chi connectivity index (χ4v) is 16.4. The molecule has 1 aliphatic heterocycles. The molecule has 7 heteroatoms. The van der Waals surface area contributed by atoms with Crippen LogP contribution >= 0.6 is 0 Å². The summed E-state index contributed by atoms with van der Waals surface area (Å²) >= 11 is 0. The van der Waals surface area contributed by atoms with Gasteiger partial charge in [-0.05, 0) is 148 Å². The number of allylic oxidation sites excluding steroid dienone is 3. The van der Waals surface area contributed by atoms with Crippen molar-refractivity contribution in [2.75, 3.05) is 44.3 Å². The van der Waals surface area contributed by atoms with Gasteiger partial charge < -0.3 is 15.0 Å². The molecule has 7 aliphatic rings. The van der Waals surface area contributed by atoms with Gasteiger partial charge in [-0.15, -0.1) is 0 Å². The average molecular weight is 739 g/mol. The Morgan fingerprint density at radius 1 is 0.942 bits per heavy atom. The second-order valence-corrected chi connectivity index (χ2v) is 22.9. The third kappa shape index (κ3) is 6.42. The van der Waals surface area contributed by atoms with Gasteiger partial charge in [-0.1, -0.05) is 71.3 Å². The van der Waals surface area contributed by atoms with Crippen LogP contribution in [-0.4, -0.2) is 69.1 Å². The maximum Gasteiger partial charge on any atom is 0.308 e. The van der Waals surface area contributed by atoms with Crippen LogP contribution in [-0.2, 0) is 19.4 Å². The third-order valence-corrected chi connectivity index (χ3v) is 19.7. The van der Waals surface area contributed by atoms with Crippen LogP contribution in [0.4, 0.5) is 0 Å². The lowest BCUT2D eigenvalue weighted by molar-refractivity contribution is -0.221. The molecule has 0 bridgehead atoms. The minimum absolute atomic E-state index is 0.0345. The van der Waals surface area contributed by atoms with E-state index in [2.05, 4.69) is 64.4 Å². The number of esters is 1. The predicted octanol–water partition coefficient (Wildman–Crippen LogP) is 9.01. The van der Waals surface area contributed by atoms with Crippen LogP contribution in [0.2, 0.25) is 0 Å². The molecule has 1 N–H and O–H groups in total. The zero-order chi connectivity index (χ0) is 37.3. The number of nitrogens with one attached hydrogen (secondary N) is 1. The van der Waals surface area contributed by atoms with E-state index in [1.807, 2.05) is 6.92 Å². The van der Waals surface area contributed by atoms with Crippen LogP contribution in [0.15, 0.2) is 23.8 Å².